The van der Waals surface area contributed by atoms with Gasteiger partial charge in [0.1, 0.15) is 0 Å². The van der Waals surface area contributed by atoms with E-state index in [1.165, 1.54) is 4.31 Å². The highest BCUT2D eigenvalue weighted by Crippen LogP contribution is 2.25. The maximum absolute atomic E-state index is 12.8. The molecule has 150 valence electrons. The van der Waals surface area contributed by atoms with Crippen molar-refractivity contribution in [3.05, 3.63) is 54.1 Å². The predicted molar refractivity (Wildman–Crippen MR) is 112 cm³/mol. The fraction of sp³-hybridized carbons (Fsp3) is 0.381. The third-order valence-electron chi connectivity index (χ3n) is 5.13. The van der Waals surface area contributed by atoms with Crippen molar-refractivity contribution in [2.45, 2.75) is 24.7 Å². The van der Waals surface area contributed by atoms with E-state index in [9.17, 15) is 13.2 Å². The molecule has 0 saturated carbocycles. The molecule has 6 nitrogen and oxygen atoms in total. The zero-order valence-corrected chi connectivity index (χ0v) is 17.4. The Bertz CT molecular complexity index is 914. The number of amides is 1. The average molecular weight is 402 g/mol. The van der Waals surface area contributed by atoms with Gasteiger partial charge in [0.05, 0.1) is 4.90 Å². The summed E-state index contributed by atoms with van der Waals surface area (Å²) in [6.45, 7) is 2.64. The predicted octanol–water partition coefficient (Wildman–Crippen LogP) is 3.10. The Hall–Kier alpha value is -2.38. The number of benzene rings is 2. The van der Waals surface area contributed by atoms with Gasteiger partial charge in [0.25, 0.3) is 0 Å². The molecule has 0 aromatic heterocycles. The normalized spacial score (nSPS) is 16.0. The van der Waals surface area contributed by atoms with Crippen molar-refractivity contribution in [2.24, 2.45) is 5.92 Å². The Labute approximate surface area is 167 Å². The molecule has 3 rings (SSSR count). The highest BCUT2D eigenvalue weighted by atomic mass is 32.2. The second-order valence-corrected chi connectivity index (χ2v) is 9.36. The van der Waals surface area contributed by atoms with Crippen molar-refractivity contribution in [3.63, 3.8) is 0 Å². The number of rotatable bonds is 5. The van der Waals surface area contributed by atoms with Gasteiger partial charge in [-0.25, -0.2) is 8.42 Å². The van der Waals surface area contributed by atoms with Crippen LogP contribution in [0.25, 0.3) is 0 Å². The van der Waals surface area contributed by atoms with E-state index in [4.69, 9.17) is 0 Å². The van der Waals surface area contributed by atoms with E-state index in [2.05, 4.69) is 5.32 Å². The molecule has 1 fully saturated rings. The van der Waals surface area contributed by atoms with Gasteiger partial charge in [-0.1, -0.05) is 17.7 Å². The molecule has 1 aliphatic heterocycles. The summed E-state index contributed by atoms with van der Waals surface area (Å²) in [5, 5.41) is 2.94. The molecule has 28 heavy (non-hydrogen) atoms. The van der Waals surface area contributed by atoms with Crippen LogP contribution >= 0.6 is 0 Å². The van der Waals surface area contributed by atoms with Crippen LogP contribution < -0.4 is 10.2 Å². The van der Waals surface area contributed by atoms with E-state index in [1.54, 1.807) is 24.3 Å². The standard InChI is InChI=1S/C21H27N3O3S/c1-16-4-10-20(11-5-16)28(26,27)24-14-12-17(13-15-24)21(25)22-18-6-8-19(9-7-18)23(2)3/h4-11,17H,12-15H2,1-3H3,(H,22,25). The molecule has 0 radical (unpaired) electrons. The maximum atomic E-state index is 12.8. The number of sulfonamides is 1. The van der Waals surface area contributed by atoms with Crippen LogP contribution in [0.15, 0.2) is 53.4 Å². The Balaban J connectivity index is 1.58. The number of aryl methyl sites for hydroxylation is 1. The van der Waals surface area contributed by atoms with Gasteiger partial charge in [-0.05, 0) is 56.2 Å². The lowest BCUT2D eigenvalue weighted by atomic mass is 9.97. The minimum atomic E-state index is -3.50. The highest BCUT2D eigenvalue weighted by Gasteiger charge is 2.32. The number of anilines is 2. The Morgan fingerprint density at radius 1 is 1.00 bits per heavy atom. The summed E-state index contributed by atoms with van der Waals surface area (Å²) in [6.07, 6.45) is 1.04. The van der Waals surface area contributed by atoms with Crippen LogP contribution in [0.1, 0.15) is 18.4 Å². The van der Waals surface area contributed by atoms with Crippen LogP contribution in [-0.4, -0.2) is 45.8 Å². The van der Waals surface area contributed by atoms with Crippen molar-refractivity contribution in [1.82, 2.24) is 4.31 Å². The number of carbonyl (C=O) groups is 1. The van der Waals surface area contributed by atoms with Gasteiger partial charge < -0.3 is 10.2 Å². The Morgan fingerprint density at radius 2 is 1.57 bits per heavy atom. The number of nitrogens with zero attached hydrogens (tertiary/aromatic N) is 2. The molecule has 0 atom stereocenters. The first-order valence-electron chi connectivity index (χ1n) is 9.42. The minimum absolute atomic E-state index is 0.0509. The summed E-state index contributed by atoms with van der Waals surface area (Å²) >= 11 is 0. The number of nitrogens with one attached hydrogen (secondary N) is 1. The van der Waals surface area contributed by atoms with Gasteiger partial charge >= 0.3 is 0 Å². The number of carbonyl (C=O) groups excluding carboxylic acids is 1. The fourth-order valence-electron chi connectivity index (χ4n) is 3.30. The minimum Gasteiger partial charge on any atom is -0.378 e. The van der Waals surface area contributed by atoms with Gasteiger partial charge in [-0.2, -0.15) is 4.31 Å². The topological polar surface area (TPSA) is 69.7 Å². The van der Waals surface area contributed by atoms with E-state index in [0.29, 0.717) is 30.8 Å². The molecule has 1 saturated heterocycles. The van der Waals surface area contributed by atoms with Gasteiger partial charge in [0.15, 0.2) is 0 Å². The Kier molecular flexibility index (Phi) is 6.05. The average Bonchev–Trinajstić information content (AvgIpc) is 2.69. The lowest BCUT2D eigenvalue weighted by Crippen LogP contribution is -2.41. The van der Waals surface area contributed by atoms with Crippen molar-refractivity contribution in [2.75, 3.05) is 37.4 Å². The quantitative estimate of drug-likeness (QED) is 0.836. The summed E-state index contributed by atoms with van der Waals surface area (Å²) in [7, 11) is 0.426. The first kappa shape index (κ1) is 20.4. The molecule has 0 unspecified atom stereocenters. The van der Waals surface area contributed by atoms with Crippen LogP contribution in [0.3, 0.4) is 0 Å². The van der Waals surface area contributed by atoms with Crippen molar-refractivity contribution < 1.29 is 13.2 Å². The molecule has 1 aliphatic rings. The summed E-state index contributed by atoms with van der Waals surface area (Å²) in [5.41, 5.74) is 2.84. The third-order valence-corrected chi connectivity index (χ3v) is 7.05. The zero-order valence-electron chi connectivity index (χ0n) is 16.6. The molecule has 0 aliphatic carbocycles. The molecule has 1 N–H and O–H groups in total. The monoisotopic (exact) mass is 401 g/mol. The molecule has 2 aromatic carbocycles. The van der Waals surface area contributed by atoms with Gasteiger partial charge in [0, 0.05) is 44.5 Å². The van der Waals surface area contributed by atoms with E-state index in [1.807, 2.05) is 50.2 Å². The van der Waals surface area contributed by atoms with Gasteiger partial charge in [0.2, 0.25) is 15.9 Å². The SMILES string of the molecule is Cc1ccc(S(=O)(=O)N2CCC(C(=O)Nc3ccc(N(C)C)cc3)CC2)cc1. The zero-order chi connectivity index (χ0) is 20.3. The number of hydrogen-bond acceptors (Lipinski definition) is 4. The summed E-state index contributed by atoms with van der Waals surface area (Å²) in [6, 6.07) is 14.5. The lowest BCUT2D eigenvalue weighted by molar-refractivity contribution is -0.120. The summed E-state index contributed by atoms with van der Waals surface area (Å²) in [5.74, 6) is -0.233. The smallest absolute Gasteiger partial charge is 0.243 e. The highest BCUT2D eigenvalue weighted by molar-refractivity contribution is 7.89. The second kappa shape index (κ2) is 8.32. The molecule has 0 bridgehead atoms. The second-order valence-electron chi connectivity index (χ2n) is 7.42. The maximum Gasteiger partial charge on any atom is 0.243 e. The van der Waals surface area contributed by atoms with Crippen LogP contribution in [0, 0.1) is 12.8 Å². The molecular formula is C21H27N3O3S. The number of piperidine rings is 1. The van der Waals surface area contributed by atoms with E-state index in [0.717, 1.165) is 16.9 Å². The first-order chi connectivity index (χ1) is 13.3. The molecule has 0 spiro atoms. The summed E-state index contributed by atoms with van der Waals surface area (Å²) < 4.78 is 27.0. The summed E-state index contributed by atoms with van der Waals surface area (Å²) in [4.78, 5) is 14.9. The Morgan fingerprint density at radius 3 is 2.11 bits per heavy atom. The fourth-order valence-corrected chi connectivity index (χ4v) is 4.77. The molecule has 2 aromatic rings. The van der Waals surface area contributed by atoms with Crippen molar-refractivity contribution in [3.8, 4) is 0 Å². The van der Waals surface area contributed by atoms with Gasteiger partial charge in [-0.3, -0.25) is 4.79 Å². The largest absolute Gasteiger partial charge is 0.378 e. The van der Waals surface area contributed by atoms with Crippen LogP contribution in [0.2, 0.25) is 0 Å². The molecule has 7 heteroatoms. The van der Waals surface area contributed by atoms with Crippen molar-refractivity contribution in [1.29, 1.82) is 0 Å². The molecule has 1 amide bonds. The van der Waals surface area contributed by atoms with Crippen LogP contribution in [-0.2, 0) is 14.8 Å². The molecular weight excluding hydrogens is 374 g/mol. The van der Waals surface area contributed by atoms with Crippen LogP contribution in [0.4, 0.5) is 11.4 Å². The van der Waals surface area contributed by atoms with E-state index in [-0.39, 0.29) is 11.8 Å². The first-order valence-corrected chi connectivity index (χ1v) is 10.9. The third kappa shape index (κ3) is 4.54. The van der Waals surface area contributed by atoms with Crippen molar-refractivity contribution >= 4 is 27.3 Å². The van der Waals surface area contributed by atoms with Crippen LogP contribution in [0.5, 0.6) is 0 Å². The van der Waals surface area contributed by atoms with E-state index < -0.39 is 10.0 Å². The van der Waals surface area contributed by atoms with E-state index >= 15 is 0 Å². The van der Waals surface area contributed by atoms with Gasteiger partial charge in [-0.15, -0.1) is 0 Å². The lowest BCUT2D eigenvalue weighted by Gasteiger charge is -2.30. The number of hydrogen-bond donors (Lipinski definition) is 1. The molecule has 1 heterocycles.